The largest absolute Gasteiger partial charge is 0.335 e. The second-order valence-electron chi connectivity index (χ2n) is 8.14. The topological polar surface area (TPSA) is 114 Å². The molecule has 3 aromatic heterocycles. The summed E-state index contributed by atoms with van der Waals surface area (Å²) in [7, 11) is 1.82. The van der Waals surface area contributed by atoms with Gasteiger partial charge in [0, 0.05) is 45.0 Å². The number of carbonyl (C=O) groups excluding carboxylic acids is 2. The standard InChI is InChI=1S/C21H24N6O4S/c1-12(2)15-11-14(18-13(3)23-24(4)19(18)22-15)20(28)25-7-9-26(10-8-25)21(29)16-5-6-17(32-16)27(30)31/h5-6,11-12H,7-10H2,1-4H3. The predicted molar refractivity (Wildman–Crippen MR) is 120 cm³/mol. The number of carbonyl (C=O) groups is 2. The Morgan fingerprint density at radius 3 is 2.31 bits per heavy atom. The first-order chi connectivity index (χ1) is 15.2. The maximum atomic E-state index is 13.5. The van der Waals surface area contributed by atoms with Gasteiger partial charge in [0.1, 0.15) is 0 Å². The SMILES string of the molecule is Cc1nn(C)c2nc(C(C)C)cc(C(=O)N3CCN(C(=O)c4ccc([N+](=O)[O-])s4)CC3)c12. The Morgan fingerprint density at radius 1 is 1.12 bits per heavy atom. The number of thiophene rings is 1. The number of hydrogen-bond donors (Lipinski definition) is 0. The minimum atomic E-state index is -0.501. The van der Waals surface area contributed by atoms with Crippen LogP contribution in [0, 0.1) is 17.0 Å². The summed E-state index contributed by atoms with van der Waals surface area (Å²) in [4.78, 5) is 45.0. The summed E-state index contributed by atoms with van der Waals surface area (Å²) in [6.07, 6.45) is 0. The molecule has 0 atom stereocenters. The van der Waals surface area contributed by atoms with E-state index in [-0.39, 0.29) is 22.7 Å². The van der Waals surface area contributed by atoms with Gasteiger partial charge in [0.2, 0.25) is 0 Å². The maximum Gasteiger partial charge on any atom is 0.324 e. The maximum absolute atomic E-state index is 13.5. The van der Waals surface area contributed by atoms with Crippen molar-refractivity contribution in [3.63, 3.8) is 0 Å². The van der Waals surface area contributed by atoms with Gasteiger partial charge in [0.25, 0.3) is 11.8 Å². The monoisotopic (exact) mass is 456 g/mol. The predicted octanol–water partition coefficient (Wildman–Crippen LogP) is 2.97. The molecule has 0 N–H and O–H groups in total. The summed E-state index contributed by atoms with van der Waals surface area (Å²) in [6, 6.07) is 4.68. The molecule has 0 aromatic carbocycles. The number of amides is 2. The van der Waals surface area contributed by atoms with Gasteiger partial charge in [-0.2, -0.15) is 5.10 Å². The van der Waals surface area contributed by atoms with E-state index in [1.54, 1.807) is 14.5 Å². The number of aromatic nitrogens is 3. The number of aryl methyl sites for hydroxylation is 2. The van der Waals surface area contributed by atoms with Crippen molar-refractivity contribution in [2.24, 2.45) is 7.05 Å². The van der Waals surface area contributed by atoms with Gasteiger partial charge in [0.15, 0.2) is 5.65 Å². The van der Waals surface area contributed by atoms with Crippen LogP contribution in [0.2, 0.25) is 0 Å². The van der Waals surface area contributed by atoms with Crippen molar-refractivity contribution in [3.05, 3.63) is 50.1 Å². The molecule has 1 saturated heterocycles. The van der Waals surface area contributed by atoms with Crippen LogP contribution in [0.1, 0.15) is 51.2 Å². The summed E-state index contributed by atoms with van der Waals surface area (Å²) >= 11 is 0.869. The Kier molecular flexibility index (Phi) is 5.68. The molecule has 32 heavy (non-hydrogen) atoms. The lowest BCUT2D eigenvalue weighted by Crippen LogP contribution is -2.50. The number of nitro groups is 1. The quantitative estimate of drug-likeness (QED) is 0.440. The van der Waals surface area contributed by atoms with E-state index in [9.17, 15) is 19.7 Å². The second kappa shape index (κ2) is 8.30. The van der Waals surface area contributed by atoms with E-state index >= 15 is 0 Å². The molecule has 1 aliphatic heterocycles. The highest BCUT2D eigenvalue weighted by atomic mass is 32.1. The van der Waals surface area contributed by atoms with Crippen molar-refractivity contribution in [3.8, 4) is 0 Å². The molecule has 4 rings (SSSR count). The lowest BCUT2D eigenvalue weighted by Gasteiger charge is -2.34. The Bertz CT molecular complexity index is 1220. The lowest BCUT2D eigenvalue weighted by molar-refractivity contribution is -0.380. The fraction of sp³-hybridized carbons (Fsp3) is 0.429. The van der Waals surface area contributed by atoms with Crippen LogP contribution in [0.25, 0.3) is 11.0 Å². The van der Waals surface area contributed by atoms with E-state index in [1.165, 1.54) is 12.1 Å². The van der Waals surface area contributed by atoms with Crippen LogP contribution >= 0.6 is 11.3 Å². The molecule has 0 bridgehead atoms. The Labute approximate surface area is 188 Å². The van der Waals surface area contributed by atoms with Crippen molar-refractivity contribution in [1.29, 1.82) is 0 Å². The summed E-state index contributed by atoms with van der Waals surface area (Å²) < 4.78 is 1.70. The Morgan fingerprint density at radius 2 is 1.75 bits per heavy atom. The molecular formula is C21H24N6O4S. The molecule has 11 heteroatoms. The molecule has 0 radical (unpaired) electrons. The van der Waals surface area contributed by atoms with Crippen LogP contribution in [0.4, 0.5) is 5.00 Å². The molecule has 0 unspecified atom stereocenters. The zero-order chi connectivity index (χ0) is 23.2. The molecule has 0 spiro atoms. The molecule has 168 valence electrons. The number of nitrogens with zero attached hydrogens (tertiary/aromatic N) is 6. The third-order valence-electron chi connectivity index (χ3n) is 5.65. The molecule has 4 heterocycles. The van der Waals surface area contributed by atoms with Crippen molar-refractivity contribution in [2.45, 2.75) is 26.7 Å². The third kappa shape index (κ3) is 3.83. The zero-order valence-electron chi connectivity index (χ0n) is 18.4. The van der Waals surface area contributed by atoms with Crippen LogP contribution in [0.3, 0.4) is 0 Å². The van der Waals surface area contributed by atoms with E-state index in [4.69, 9.17) is 4.98 Å². The van der Waals surface area contributed by atoms with Crippen LogP contribution < -0.4 is 0 Å². The first-order valence-electron chi connectivity index (χ1n) is 10.3. The molecule has 0 saturated carbocycles. The molecule has 0 aliphatic carbocycles. The van der Waals surface area contributed by atoms with E-state index in [2.05, 4.69) is 5.10 Å². The van der Waals surface area contributed by atoms with Gasteiger partial charge >= 0.3 is 5.00 Å². The number of rotatable bonds is 4. The molecule has 1 aliphatic rings. The molecular weight excluding hydrogens is 432 g/mol. The summed E-state index contributed by atoms with van der Waals surface area (Å²) in [5.74, 6) is -0.188. The average Bonchev–Trinajstić information content (AvgIpc) is 3.37. The highest BCUT2D eigenvalue weighted by Crippen LogP contribution is 2.28. The normalized spacial score (nSPS) is 14.4. The van der Waals surface area contributed by atoms with Gasteiger partial charge in [0.05, 0.1) is 26.4 Å². The zero-order valence-corrected chi connectivity index (χ0v) is 19.2. The number of piperazine rings is 1. The van der Waals surface area contributed by atoms with Crippen LogP contribution in [-0.2, 0) is 7.05 Å². The van der Waals surface area contributed by atoms with E-state index in [0.29, 0.717) is 42.3 Å². The number of pyridine rings is 1. The number of fused-ring (bicyclic) bond motifs is 1. The van der Waals surface area contributed by atoms with Gasteiger partial charge < -0.3 is 9.80 Å². The van der Waals surface area contributed by atoms with Gasteiger partial charge in [-0.3, -0.25) is 24.4 Å². The van der Waals surface area contributed by atoms with Crippen LogP contribution in [0.5, 0.6) is 0 Å². The second-order valence-corrected chi connectivity index (χ2v) is 9.20. The fourth-order valence-corrected chi connectivity index (χ4v) is 4.70. The molecule has 10 nitrogen and oxygen atoms in total. The minimum Gasteiger partial charge on any atom is -0.335 e. The van der Waals surface area contributed by atoms with Crippen molar-refractivity contribution >= 4 is 39.2 Å². The fourth-order valence-electron chi connectivity index (χ4n) is 3.91. The van der Waals surface area contributed by atoms with Gasteiger partial charge in [-0.05, 0) is 25.0 Å². The highest BCUT2D eigenvalue weighted by Gasteiger charge is 2.29. The summed E-state index contributed by atoms with van der Waals surface area (Å²) in [6.45, 7) is 7.44. The van der Waals surface area contributed by atoms with E-state index in [1.807, 2.05) is 33.9 Å². The smallest absolute Gasteiger partial charge is 0.324 e. The number of hydrogen-bond acceptors (Lipinski definition) is 7. The summed E-state index contributed by atoms with van der Waals surface area (Å²) in [5.41, 5.74) is 2.85. The average molecular weight is 457 g/mol. The van der Waals surface area contributed by atoms with Crippen molar-refractivity contribution in [1.82, 2.24) is 24.6 Å². The minimum absolute atomic E-state index is 0.0586. The van der Waals surface area contributed by atoms with Crippen LogP contribution in [-0.4, -0.2) is 67.5 Å². The van der Waals surface area contributed by atoms with Gasteiger partial charge in [-0.25, -0.2) is 4.98 Å². The Balaban J connectivity index is 1.54. The molecule has 2 amide bonds. The van der Waals surface area contributed by atoms with E-state index in [0.717, 1.165) is 28.1 Å². The Hall–Kier alpha value is -3.34. The van der Waals surface area contributed by atoms with Crippen LogP contribution in [0.15, 0.2) is 18.2 Å². The van der Waals surface area contributed by atoms with Gasteiger partial charge in [-0.1, -0.05) is 25.2 Å². The van der Waals surface area contributed by atoms with Crippen molar-refractivity contribution < 1.29 is 14.5 Å². The lowest BCUT2D eigenvalue weighted by atomic mass is 10.0. The van der Waals surface area contributed by atoms with Gasteiger partial charge in [-0.15, -0.1) is 0 Å². The third-order valence-corrected chi connectivity index (χ3v) is 6.67. The molecule has 3 aromatic rings. The first kappa shape index (κ1) is 21.9. The van der Waals surface area contributed by atoms with E-state index < -0.39 is 4.92 Å². The first-order valence-corrected chi connectivity index (χ1v) is 11.2. The van der Waals surface area contributed by atoms with Crippen molar-refractivity contribution in [2.75, 3.05) is 26.2 Å². The summed E-state index contributed by atoms with van der Waals surface area (Å²) in [5, 5.41) is 16.0. The highest BCUT2D eigenvalue weighted by molar-refractivity contribution is 7.17. The molecule has 1 fully saturated rings.